The lowest BCUT2D eigenvalue weighted by molar-refractivity contribution is -0.129. The second-order valence-electron chi connectivity index (χ2n) is 7.83. The number of nitrogens with one attached hydrogen (secondary N) is 1. The molecule has 104 valence electrons. The summed E-state index contributed by atoms with van der Waals surface area (Å²) in [4.78, 5) is 0. The molecule has 0 aromatic rings. The molecule has 4 rings (SSSR count). The largest absolute Gasteiger partial charge is 0.391 e. The average molecular weight is 251 g/mol. The van der Waals surface area contributed by atoms with Gasteiger partial charge in [-0.15, -0.1) is 0 Å². The van der Waals surface area contributed by atoms with Crippen LogP contribution in [0.1, 0.15) is 59.3 Å². The third-order valence-corrected chi connectivity index (χ3v) is 5.78. The first kappa shape index (κ1) is 12.9. The predicted octanol–water partition coefficient (Wildman–Crippen LogP) is 2.95. The van der Waals surface area contributed by atoms with E-state index in [0.29, 0.717) is 6.04 Å². The highest BCUT2D eigenvalue weighted by molar-refractivity contribution is 5.06. The molecule has 0 heterocycles. The Morgan fingerprint density at radius 1 is 0.944 bits per heavy atom. The van der Waals surface area contributed by atoms with Gasteiger partial charge in [0.25, 0.3) is 0 Å². The fraction of sp³-hybridized carbons (Fsp3) is 1.00. The van der Waals surface area contributed by atoms with E-state index in [0.717, 1.165) is 17.8 Å². The van der Waals surface area contributed by atoms with Gasteiger partial charge in [0.15, 0.2) is 0 Å². The van der Waals surface area contributed by atoms with Crippen LogP contribution in [0.25, 0.3) is 0 Å². The van der Waals surface area contributed by atoms with Crippen molar-refractivity contribution in [2.24, 2.45) is 23.2 Å². The molecule has 0 saturated heterocycles. The Hall–Kier alpha value is -0.0800. The topological polar surface area (TPSA) is 32.3 Å². The Morgan fingerprint density at radius 3 is 1.78 bits per heavy atom. The smallest absolute Gasteiger partial charge is 0.0746 e. The standard InChI is InChI=1S/C16H29NO/c1-10(2)17-11(3)15(18)16-7-12-4-13(8-16)6-14(5-12)9-16/h10-15,17-18H,4-9H2,1-3H3/t11-,12?,13?,14?,15+,16?/m1/s1. The van der Waals surface area contributed by atoms with Gasteiger partial charge in [-0.1, -0.05) is 13.8 Å². The number of rotatable bonds is 4. The monoisotopic (exact) mass is 251 g/mol. The highest BCUT2D eigenvalue weighted by Gasteiger charge is 2.54. The maximum absolute atomic E-state index is 10.9. The molecule has 0 aromatic heterocycles. The van der Waals surface area contributed by atoms with E-state index in [1.165, 1.54) is 38.5 Å². The fourth-order valence-corrected chi connectivity index (χ4v) is 5.69. The maximum Gasteiger partial charge on any atom is 0.0746 e. The molecule has 4 bridgehead atoms. The van der Waals surface area contributed by atoms with Crippen molar-refractivity contribution >= 4 is 0 Å². The first-order valence-corrected chi connectivity index (χ1v) is 7.92. The van der Waals surface area contributed by atoms with E-state index in [-0.39, 0.29) is 17.6 Å². The van der Waals surface area contributed by atoms with Crippen molar-refractivity contribution in [2.75, 3.05) is 0 Å². The Labute approximate surface area is 112 Å². The minimum Gasteiger partial charge on any atom is -0.391 e. The third-order valence-electron chi connectivity index (χ3n) is 5.78. The Balaban J connectivity index is 1.74. The van der Waals surface area contributed by atoms with Crippen LogP contribution in [-0.2, 0) is 0 Å². The van der Waals surface area contributed by atoms with Gasteiger partial charge in [0, 0.05) is 12.1 Å². The molecule has 0 unspecified atom stereocenters. The molecule has 2 heteroatoms. The van der Waals surface area contributed by atoms with Crippen molar-refractivity contribution in [1.29, 1.82) is 0 Å². The fourth-order valence-electron chi connectivity index (χ4n) is 5.69. The van der Waals surface area contributed by atoms with E-state index in [4.69, 9.17) is 0 Å². The molecule has 4 fully saturated rings. The first-order chi connectivity index (χ1) is 8.48. The maximum atomic E-state index is 10.9. The zero-order valence-corrected chi connectivity index (χ0v) is 12.2. The van der Waals surface area contributed by atoms with Gasteiger partial charge in [-0.05, 0) is 68.6 Å². The molecule has 4 aliphatic carbocycles. The molecule has 18 heavy (non-hydrogen) atoms. The van der Waals surface area contributed by atoms with Crippen LogP contribution in [-0.4, -0.2) is 23.3 Å². The van der Waals surface area contributed by atoms with Gasteiger partial charge in [0.1, 0.15) is 0 Å². The average Bonchev–Trinajstić information content (AvgIpc) is 2.25. The highest BCUT2D eigenvalue weighted by atomic mass is 16.3. The van der Waals surface area contributed by atoms with Crippen molar-refractivity contribution in [3.05, 3.63) is 0 Å². The van der Waals surface area contributed by atoms with Crippen molar-refractivity contribution in [2.45, 2.75) is 77.5 Å². The molecule has 0 radical (unpaired) electrons. The Kier molecular flexibility index (Phi) is 3.22. The molecule has 2 nitrogen and oxygen atoms in total. The van der Waals surface area contributed by atoms with E-state index >= 15 is 0 Å². The van der Waals surface area contributed by atoms with E-state index < -0.39 is 0 Å². The zero-order chi connectivity index (χ0) is 12.9. The number of aliphatic hydroxyl groups excluding tert-OH is 1. The molecular formula is C16H29NO. The van der Waals surface area contributed by atoms with Crippen LogP contribution in [0.3, 0.4) is 0 Å². The minimum atomic E-state index is -0.145. The van der Waals surface area contributed by atoms with Crippen molar-refractivity contribution in [3.8, 4) is 0 Å². The highest BCUT2D eigenvalue weighted by Crippen LogP contribution is 2.61. The van der Waals surface area contributed by atoms with E-state index in [2.05, 4.69) is 26.1 Å². The lowest BCUT2D eigenvalue weighted by Gasteiger charge is -2.59. The van der Waals surface area contributed by atoms with Crippen LogP contribution in [0, 0.1) is 23.2 Å². The number of hydrogen-bond donors (Lipinski definition) is 2. The molecule has 4 aliphatic rings. The molecule has 4 saturated carbocycles. The van der Waals surface area contributed by atoms with E-state index in [9.17, 15) is 5.11 Å². The lowest BCUT2D eigenvalue weighted by Crippen LogP contribution is -2.57. The summed E-state index contributed by atoms with van der Waals surface area (Å²) in [7, 11) is 0. The summed E-state index contributed by atoms with van der Waals surface area (Å²) in [6, 6.07) is 0.699. The van der Waals surface area contributed by atoms with Crippen molar-refractivity contribution in [3.63, 3.8) is 0 Å². The Bertz CT molecular complexity index is 277. The van der Waals surface area contributed by atoms with Crippen molar-refractivity contribution in [1.82, 2.24) is 5.32 Å². The third kappa shape index (κ3) is 2.12. The summed E-state index contributed by atoms with van der Waals surface area (Å²) in [6.07, 6.45) is 8.11. The van der Waals surface area contributed by atoms with Crippen LogP contribution < -0.4 is 5.32 Å². The lowest BCUT2D eigenvalue weighted by atomic mass is 9.47. The predicted molar refractivity (Wildman–Crippen MR) is 74.3 cm³/mol. The quantitative estimate of drug-likeness (QED) is 0.805. The van der Waals surface area contributed by atoms with Gasteiger partial charge in [0.2, 0.25) is 0 Å². The number of aliphatic hydroxyl groups is 1. The molecule has 0 amide bonds. The summed E-state index contributed by atoms with van der Waals surface area (Å²) < 4.78 is 0. The normalized spacial score (nSPS) is 45.5. The molecular weight excluding hydrogens is 222 g/mol. The summed E-state index contributed by atoms with van der Waals surface area (Å²) in [5.41, 5.74) is 0.260. The molecule has 0 aromatic carbocycles. The van der Waals surface area contributed by atoms with Gasteiger partial charge in [-0.25, -0.2) is 0 Å². The van der Waals surface area contributed by atoms with Crippen LogP contribution in [0.2, 0.25) is 0 Å². The molecule has 2 atom stereocenters. The van der Waals surface area contributed by atoms with E-state index in [1.807, 2.05) is 0 Å². The Morgan fingerprint density at radius 2 is 1.39 bits per heavy atom. The van der Waals surface area contributed by atoms with Crippen LogP contribution in [0.4, 0.5) is 0 Å². The van der Waals surface area contributed by atoms with Gasteiger partial charge in [0.05, 0.1) is 6.10 Å². The SMILES string of the molecule is CC(C)N[C@H](C)[C@H](O)C12CC3CC(CC(C3)C1)C2. The summed E-state index contributed by atoms with van der Waals surface area (Å²) in [5, 5.41) is 14.4. The molecule has 0 aliphatic heterocycles. The van der Waals surface area contributed by atoms with Gasteiger partial charge < -0.3 is 10.4 Å². The molecule has 0 spiro atoms. The second-order valence-corrected chi connectivity index (χ2v) is 7.83. The van der Waals surface area contributed by atoms with Crippen LogP contribution in [0.5, 0.6) is 0 Å². The summed E-state index contributed by atoms with van der Waals surface area (Å²) in [6.45, 7) is 6.51. The van der Waals surface area contributed by atoms with Crippen LogP contribution >= 0.6 is 0 Å². The first-order valence-electron chi connectivity index (χ1n) is 7.92. The minimum absolute atomic E-state index is 0.145. The molecule has 2 N–H and O–H groups in total. The summed E-state index contributed by atoms with van der Waals surface area (Å²) in [5.74, 6) is 2.78. The van der Waals surface area contributed by atoms with Crippen LogP contribution in [0.15, 0.2) is 0 Å². The van der Waals surface area contributed by atoms with Gasteiger partial charge in [-0.2, -0.15) is 0 Å². The zero-order valence-electron chi connectivity index (χ0n) is 12.2. The summed E-state index contributed by atoms with van der Waals surface area (Å²) >= 11 is 0. The second kappa shape index (κ2) is 4.49. The van der Waals surface area contributed by atoms with E-state index in [1.54, 1.807) is 0 Å². The van der Waals surface area contributed by atoms with Gasteiger partial charge in [-0.3, -0.25) is 0 Å². The van der Waals surface area contributed by atoms with Crippen molar-refractivity contribution < 1.29 is 5.11 Å². The van der Waals surface area contributed by atoms with Gasteiger partial charge >= 0.3 is 0 Å². The number of hydrogen-bond acceptors (Lipinski definition) is 2.